The predicted octanol–water partition coefficient (Wildman–Crippen LogP) is 2.67. The topological polar surface area (TPSA) is 123 Å². The number of halogens is 2. The summed E-state index contributed by atoms with van der Waals surface area (Å²) in [5.74, 6) is -0.832. The van der Waals surface area contributed by atoms with E-state index in [1.807, 2.05) is 6.07 Å². The van der Waals surface area contributed by atoms with E-state index >= 15 is 0 Å². The molecule has 0 radical (unpaired) electrons. The second-order valence-corrected chi connectivity index (χ2v) is 7.02. The number of carbonyl (C=O) groups excluding carboxylic acids is 3. The van der Waals surface area contributed by atoms with Crippen LogP contribution in [0.5, 0.6) is 5.75 Å². The molecule has 0 saturated heterocycles. The molecule has 0 spiro atoms. The molecular weight excluding hydrogens is 452 g/mol. The molecule has 28 heavy (non-hydrogen) atoms. The van der Waals surface area contributed by atoms with Crippen molar-refractivity contribution in [1.82, 2.24) is 16.2 Å². The summed E-state index contributed by atoms with van der Waals surface area (Å²) in [7, 11) is 1.41. The molecule has 0 aromatic heterocycles. The number of urea groups is 1. The standard InChI is InChI=1S/C18H18BrClN4O4/c1-28-15-6-5-12(20)8-13(15)17(26)24-23-16(25)9-14(22-18(21)27)10-3-2-4-11(19)7-10/h2-8,14H,9H2,1H3,(H,23,25)(H,24,26)(H3,21,22,27)/t14-/m1/s1. The number of methoxy groups -OCH3 is 1. The summed E-state index contributed by atoms with van der Waals surface area (Å²) in [6.07, 6.45) is -0.146. The number of carbonyl (C=O) groups is 3. The summed E-state index contributed by atoms with van der Waals surface area (Å²) in [4.78, 5) is 35.8. The van der Waals surface area contributed by atoms with Gasteiger partial charge in [0.2, 0.25) is 5.91 Å². The van der Waals surface area contributed by atoms with Gasteiger partial charge in [-0.3, -0.25) is 20.4 Å². The minimum absolute atomic E-state index is 0.146. The van der Waals surface area contributed by atoms with E-state index in [2.05, 4.69) is 32.1 Å². The summed E-state index contributed by atoms with van der Waals surface area (Å²) < 4.78 is 5.89. The molecule has 0 fully saturated rings. The van der Waals surface area contributed by atoms with E-state index in [1.54, 1.807) is 30.3 Å². The third kappa shape index (κ3) is 6.14. The van der Waals surface area contributed by atoms with Gasteiger partial charge < -0.3 is 15.8 Å². The van der Waals surface area contributed by atoms with Gasteiger partial charge >= 0.3 is 6.03 Å². The Hall–Kier alpha value is -2.78. The molecule has 8 nitrogen and oxygen atoms in total. The van der Waals surface area contributed by atoms with Gasteiger partial charge in [-0.15, -0.1) is 0 Å². The molecule has 0 unspecified atom stereocenters. The van der Waals surface area contributed by atoms with Crippen molar-refractivity contribution in [3.8, 4) is 5.75 Å². The van der Waals surface area contributed by atoms with E-state index < -0.39 is 23.9 Å². The van der Waals surface area contributed by atoms with Gasteiger partial charge in [-0.25, -0.2) is 4.79 Å². The molecule has 4 amide bonds. The van der Waals surface area contributed by atoms with Gasteiger partial charge in [-0.2, -0.15) is 0 Å². The molecule has 0 aliphatic rings. The second kappa shape index (κ2) is 9.95. The molecule has 0 saturated carbocycles. The Morgan fingerprint density at radius 1 is 1.18 bits per heavy atom. The minimum Gasteiger partial charge on any atom is -0.496 e. The zero-order valence-electron chi connectivity index (χ0n) is 14.8. The molecule has 0 aliphatic carbocycles. The number of nitrogens with two attached hydrogens (primary N) is 1. The molecule has 2 aromatic carbocycles. The highest BCUT2D eigenvalue weighted by Gasteiger charge is 2.19. The minimum atomic E-state index is -0.773. The largest absolute Gasteiger partial charge is 0.496 e. The van der Waals surface area contributed by atoms with Gasteiger partial charge in [0.15, 0.2) is 0 Å². The van der Waals surface area contributed by atoms with Crippen molar-refractivity contribution in [3.63, 3.8) is 0 Å². The number of primary amides is 1. The average Bonchev–Trinajstić information content (AvgIpc) is 2.65. The van der Waals surface area contributed by atoms with Crippen LogP contribution in [0, 0.1) is 0 Å². The predicted molar refractivity (Wildman–Crippen MR) is 108 cm³/mol. The van der Waals surface area contributed by atoms with Crippen LogP contribution in [0.2, 0.25) is 5.02 Å². The van der Waals surface area contributed by atoms with Crippen LogP contribution in [0.25, 0.3) is 0 Å². The van der Waals surface area contributed by atoms with Crippen LogP contribution in [0.1, 0.15) is 28.4 Å². The highest BCUT2D eigenvalue weighted by Crippen LogP contribution is 2.23. The lowest BCUT2D eigenvalue weighted by molar-refractivity contribution is -0.122. The van der Waals surface area contributed by atoms with Crippen LogP contribution < -0.4 is 26.6 Å². The van der Waals surface area contributed by atoms with E-state index in [1.165, 1.54) is 13.2 Å². The fraction of sp³-hybridized carbons (Fsp3) is 0.167. The van der Waals surface area contributed by atoms with Crippen molar-refractivity contribution in [1.29, 1.82) is 0 Å². The molecule has 2 aromatic rings. The van der Waals surface area contributed by atoms with Crippen LogP contribution in [-0.2, 0) is 4.79 Å². The summed E-state index contributed by atoms with van der Waals surface area (Å²) in [5, 5.41) is 2.85. The van der Waals surface area contributed by atoms with Crippen molar-refractivity contribution in [3.05, 3.63) is 63.1 Å². The third-order valence-corrected chi connectivity index (χ3v) is 4.41. The number of hydrogen-bond donors (Lipinski definition) is 4. The first kappa shape index (κ1) is 21.5. The maximum absolute atomic E-state index is 12.3. The first-order chi connectivity index (χ1) is 13.3. The normalized spacial score (nSPS) is 11.2. The highest BCUT2D eigenvalue weighted by molar-refractivity contribution is 9.10. The van der Waals surface area contributed by atoms with E-state index in [9.17, 15) is 14.4 Å². The lowest BCUT2D eigenvalue weighted by atomic mass is 10.0. The zero-order valence-corrected chi connectivity index (χ0v) is 17.1. The Labute approximate surface area is 174 Å². The van der Waals surface area contributed by atoms with E-state index in [-0.39, 0.29) is 12.0 Å². The molecular formula is C18H18BrClN4O4. The second-order valence-electron chi connectivity index (χ2n) is 5.67. The Bertz CT molecular complexity index is 894. The Morgan fingerprint density at radius 3 is 2.57 bits per heavy atom. The van der Waals surface area contributed by atoms with Crippen molar-refractivity contribution < 1.29 is 19.1 Å². The monoisotopic (exact) mass is 468 g/mol. The molecule has 0 heterocycles. The Kier molecular flexibility index (Phi) is 7.65. The lowest BCUT2D eigenvalue weighted by Crippen LogP contribution is -2.44. The fourth-order valence-corrected chi connectivity index (χ4v) is 3.02. The van der Waals surface area contributed by atoms with Crippen LogP contribution in [0.15, 0.2) is 46.9 Å². The quantitative estimate of drug-likeness (QED) is 0.486. The number of rotatable bonds is 6. The number of hydrazine groups is 1. The molecule has 148 valence electrons. The summed E-state index contributed by atoms with van der Waals surface area (Å²) in [5.41, 5.74) is 10.6. The Balaban J connectivity index is 2.04. The first-order valence-electron chi connectivity index (χ1n) is 8.04. The van der Waals surface area contributed by atoms with E-state index in [0.717, 1.165) is 4.47 Å². The fourth-order valence-electron chi connectivity index (χ4n) is 2.44. The summed E-state index contributed by atoms with van der Waals surface area (Å²) >= 11 is 9.23. The third-order valence-electron chi connectivity index (χ3n) is 3.68. The maximum atomic E-state index is 12.3. The van der Waals surface area contributed by atoms with Crippen LogP contribution in [0.4, 0.5) is 4.79 Å². The highest BCUT2D eigenvalue weighted by atomic mass is 79.9. The van der Waals surface area contributed by atoms with Crippen LogP contribution in [0.3, 0.4) is 0 Å². The van der Waals surface area contributed by atoms with Gasteiger partial charge in [-0.1, -0.05) is 39.7 Å². The number of hydrogen-bond acceptors (Lipinski definition) is 4. The van der Waals surface area contributed by atoms with Gasteiger partial charge in [0.25, 0.3) is 5.91 Å². The summed E-state index contributed by atoms with van der Waals surface area (Å²) in [6, 6.07) is 10.2. The zero-order chi connectivity index (χ0) is 20.7. The molecule has 5 N–H and O–H groups in total. The molecule has 2 rings (SSSR count). The SMILES string of the molecule is COc1ccc(Cl)cc1C(=O)NNC(=O)C[C@@H](NC(N)=O)c1cccc(Br)c1. The van der Waals surface area contributed by atoms with Crippen LogP contribution >= 0.6 is 27.5 Å². The molecule has 10 heteroatoms. The molecule has 0 aliphatic heterocycles. The number of nitrogens with one attached hydrogen (secondary N) is 3. The smallest absolute Gasteiger partial charge is 0.312 e. The molecule has 1 atom stereocenters. The first-order valence-corrected chi connectivity index (χ1v) is 9.21. The van der Waals surface area contributed by atoms with Gasteiger partial charge in [-0.05, 0) is 35.9 Å². The van der Waals surface area contributed by atoms with Crippen molar-refractivity contribution >= 4 is 45.4 Å². The van der Waals surface area contributed by atoms with Crippen LogP contribution in [-0.4, -0.2) is 25.0 Å². The lowest BCUT2D eigenvalue weighted by Gasteiger charge is -2.18. The number of benzene rings is 2. The van der Waals surface area contributed by atoms with Crippen molar-refractivity contribution in [2.45, 2.75) is 12.5 Å². The maximum Gasteiger partial charge on any atom is 0.312 e. The van der Waals surface area contributed by atoms with Gasteiger partial charge in [0, 0.05) is 9.50 Å². The van der Waals surface area contributed by atoms with Gasteiger partial charge in [0.1, 0.15) is 5.75 Å². The van der Waals surface area contributed by atoms with Crippen molar-refractivity contribution in [2.75, 3.05) is 7.11 Å². The van der Waals surface area contributed by atoms with E-state index in [0.29, 0.717) is 16.3 Å². The Morgan fingerprint density at radius 2 is 1.93 bits per heavy atom. The summed E-state index contributed by atoms with van der Waals surface area (Å²) in [6.45, 7) is 0. The molecule has 0 bridgehead atoms. The number of amides is 4. The van der Waals surface area contributed by atoms with E-state index in [4.69, 9.17) is 22.1 Å². The van der Waals surface area contributed by atoms with Gasteiger partial charge in [0.05, 0.1) is 25.1 Å². The average molecular weight is 470 g/mol. The van der Waals surface area contributed by atoms with Crippen molar-refractivity contribution in [2.24, 2.45) is 5.73 Å². The number of ether oxygens (including phenoxy) is 1.